The number of esters is 1. The number of carbonyl (C=O) groups is 2. The summed E-state index contributed by atoms with van der Waals surface area (Å²) in [7, 11) is 1.16. The van der Waals surface area contributed by atoms with Crippen LogP contribution in [0.15, 0.2) is 54.9 Å². The number of carboxylic acids is 1. The molecule has 1 N–H and O–H groups in total. The van der Waals surface area contributed by atoms with Gasteiger partial charge < -0.3 is 14.6 Å². The summed E-state index contributed by atoms with van der Waals surface area (Å²) in [5, 5.41) is 10.0. The Hall–Kier alpha value is -3.32. The van der Waals surface area contributed by atoms with Gasteiger partial charge in [0, 0.05) is 10.7 Å². The molecule has 0 saturated heterocycles. The van der Waals surface area contributed by atoms with Gasteiger partial charge in [0.25, 0.3) is 0 Å². The van der Waals surface area contributed by atoms with Crippen LogP contribution in [0.25, 0.3) is 5.69 Å². The zero-order valence-electron chi connectivity index (χ0n) is 13.5. The molecule has 0 aliphatic heterocycles. The van der Waals surface area contributed by atoms with Crippen LogP contribution in [0.5, 0.6) is 11.5 Å². The number of hydrogen-bond donors (Lipinski definition) is 1. The lowest BCUT2D eigenvalue weighted by Crippen LogP contribution is -2.13. The maximum atomic E-state index is 11.7. The van der Waals surface area contributed by atoms with Crippen molar-refractivity contribution in [2.24, 2.45) is 0 Å². The molecule has 0 aliphatic rings. The van der Waals surface area contributed by atoms with E-state index in [1.165, 1.54) is 10.9 Å². The number of rotatable bonds is 5. The van der Waals surface area contributed by atoms with Crippen LogP contribution in [-0.2, 0) is 4.74 Å². The van der Waals surface area contributed by atoms with E-state index in [0.29, 0.717) is 22.2 Å². The number of aromatic nitrogens is 2. The lowest BCUT2D eigenvalue weighted by Gasteiger charge is -2.09. The number of imidazole rings is 1. The minimum atomic E-state index is -1.29. The van der Waals surface area contributed by atoms with Crippen LogP contribution in [0.3, 0.4) is 0 Å². The smallest absolute Gasteiger partial charge is 0.359 e. The van der Waals surface area contributed by atoms with Crippen LogP contribution in [0.2, 0.25) is 5.02 Å². The normalized spacial score (nSPS) is 10.4. The van der Waals surface area contributed by atoms with Crippen molar-refractivity contribution in [1.82, 2.24) is 9.55 Å². The molecular weight excluding hydrogens is 360 g/mol. The Labute approximate surface area is 153 Å². The maximum absolute atomic E-state index is 11.7. The van der Waals surface area contributed by atoms with Crippen LogP contribution in [0.4, 0.5) is 0 Å². The molecule has 26 heavy (non-hydrogen) atoms. The molecule has 0 amide bonds. The van der Waals surface area contributed by atoms with Gasteiger partial charge in [0.1, 0.15) is 17.8 Å². The van der Waals surface area contributed by atoms with E-state index in [1.54, 1.807) is 48.5 Å². The second kappa shape index (κ2) is 7.28. The largest absolute Gasteiger partial charge is 0.476 e. The molecule has 3 rings (SSSR count). The maximum Gasteiger partial charge on any atom is 0.359 e. The molecule has 7 nitrogen and oxygen atoms in total. The van der Waals surface area contributed by atoms with Gasteiger partial charge in [-0.1, -0.05) is 11.6 Å². The van der Waals surface area contributed by atoms with Crippen molar-refractivity contribution in [3.05, 3.63) is 71.3 Å². The number of carboxylic acid groups (broad SMARTS) is 1. The monoisotopic (exact) mass is 372 g/mol. The lowest BCUT2D eigenvalue weighted by molar-refractivity contribution is 0.0575. The molecule has 0 radical (unpaired) electrons. The fourth-order valence-corrected chi connectivity index (χ4v) is 2.43. The molecule has 0 aliphatic carbocycles. The summed E-state index contributed by atoms with van der Waals surface area (Å²) >= 11 is 5.83. The van der Waals surface area contributed by atoms with Crippen molar-refractivity contribution in [3.63, 3.8) is 0 Å². The number of halogens is 1. The molecule has 132 valence electrons. The number of hydrogen-bond acceptors (Lipinski definition) is 5. The van der Waals surface area contributed by atoms with E-state index in [4.69, 9.17) is 16.3 Å². The average Bonchev–Trinajstić information content (AvgIpc) is 3.09. The van der Waals surface area contributed by atoms with Gasteiger partial charge in [-0.25, -0.2) is 14.6 Å². The standard InChI is InChI=1S/C18H13ClN2O5/c1-25-18(24)15-16(17(22)23)21(10-20-15)12-4-8-14(9-5-12)26-13-6-2-11(19)3-7-13/h2-10H,1H3,(H,22,23). The first kappa shape index (κ1) is 17.5. The first-order chi connectivity index (χ1) is 12.5. The molecule has 0 fully saturated rings. The second-order valence-corrected chi connectivity index (χ2v) is 5.59. The van der Waals surface area contributed by atoms with Crippen molar-refractivity contribution < 1.29 is 24.2 Å². The molecular formula is C18H13ClN2O5. The Morgan fingerprint density at radius 3 is 2.15 bits per heavy atom. The zero-order chi connectivity index (χ0) is 18.7. The quantitative estimate of drug-likeness (QED) is 0.685. The lowest BCUT2D eigenvalue weighted by atomic mass is 10.2. The number of aromatic carboxylic acids is 1. The van der Waals surface area contributed by atoms with E-state index in [1.807, 2.05) is 0 Å². The molecule has 3 aromatic rings. The van der Waals surface area contributed by atoms with Crippen molar-refractivity contribution >= 4 is 23.5 Å². The van der Waals surface area contributed by atoms with E-state index in [2.05, 4.69) is 9.72 Å². The fourth-order valence-electron chi connectivity index (χ4n) is 2.31. The van der Waals surface area contributed by atoms with Crippen molar-refractivity contribution in [2.45, 2.75) is 0 Å². The highest BCUT2D eigenvalue weighted by Gasteiger charge is 2.24. The number of carbonyl (C=O) groups excluding carboxylic acids is 1. The SMILES string of the molecule is COC(=O)c1ncn(-c2ccc(Oc3ccc(Cl)cc3)cc2)c1C(=O)O. The van der Waals surface area contributed by atoms with Gasteiger partial charge in [0.15, 0.2) is 11.4 Å². The second-order valence-electron chi connectivity index (χ2n) is 5.16. The molecule has 0 saturated carbocycles. The summed E-state index contributed by atoms with van der Waals surface area (Å²) in [6, 6.07) is 13.5. The minimum Gasteiger partial charge on any atom is -0.476 e. The number of benzene rings is 2. The van der Waals surface area contributed by atoms with E-state index in [9.17, 15) is 14.7 Å². The van der Waals surface area contributed by atoms with Gasteiger partial charge in [-0.2, -0.15) is 0 Å². The van der Waals surface area contributed by atoms with Crippen LogP contribution in [-0.4, -0.2) is 33.7 Å². The van der Waals surface area contributed by atoms with E-state index in [-0.39, 0.29) is 11.4 Å². The van der Waals surface area contributed by atoms with Gasteiger partial charge in [-0.15, -0.1) is 0 Å². The van der Waals surface area contributed by atoms with Crippen LogP contribution < -0.4 is 4.74 Å². The third-order valence-electron chi connectivity index (χ3n) is 3.51. The van der Waals surface area contributed by atoms with Crippen molar-refractivity contribution in [1.29, 1.82) is 0 Å². The summed E-state index contributed by atoms with van der Waals surface area (Å²) in [5.74, 6) is -0.932. The predicted molar refractivity (Wildman–Crippen MR) is 93.4 cm³/mol. The molecule has 0 atom stereocenters. The molecule has 0 unspecified atom stereocenters. The average molecular weight is 373 g/mol. The Balaban J connectivity index is 1.89. The molecule has 2 aromatic carbocycles. The summed E-state index contributed by atoms with van der Waals surface area (Å²) in [4.78, 5) is 27.0. The Morgan fingerprint density at radius 2 is 1.62 bits per heavy atom. The third kappa shape index (κ3) is 3.52. The van der Waals surface area contributed by atoms with Crippen LogP contribution in [0.1, 0.15) is 21.0 Å². The number of ether oxygens (including phenoxy) is 2. The summed E-state index contributed by atoms with van der Waals surface area (Å²) < 4.78 is 11.5. The van der Waals surface area contributed by atoms with E-state index < -0.39 is 11.9 Å². The van der Waals surface area contributed by atoms with Gasteiger partial charge in [0.2, 0.25) is 0 Å². The highest BCUT2D eigenvalue weighted by Crippen LogP contribution is 2.25. The van der Waals surface area contributed by atoms with Crippen molar-refractivity contribution in [3.8, 4) is 17.2 Å². The minimum absolute atomic E-state index is 0.263. The summed E-state index contributed by atoms with van der Waals surface area (Å²) in [6.07, 6.45) is 1.25. The van der Waals surface area contributed by atoms with Gasteiger partial charge >= 0.3 is 11.9 Å². The topological polar surface area (TPSA) is 90.6 Å². The van der Waals surface area contributed by atoms with Gasteiger partial charge in [0.05, 0.1) is 7.11 Å². The molecule has 1 heterocycles. The Bertz CT molecular complexity index is 949. The van der Waals surface area contributed by atoms with E-state index >= 15 is 0 Å². The van der Waals surface area contributed by atoms with Crippen LogP contribution >= 0.6 is 11.6 Å². The zero-order valence-corrected chi connectivity index (χ0v) is 14.3. The fraction of sp³-hybridized carbons (Fsp3) is 0.0556. The number of nitrogens with zero attached hydrogens (tertiary/aromatic N) is 2. The highest BCUT2D eigenvalue weighted by molar-refractivity contribution is 6.30. The third-order valence-corrected chi connectivity index (χ3v) is 3.77. The molecule has 0 bridgehead atoms. The van der Waals surface area contributed by atoms with Gasteiger partial charge in [-0.3, -0.25) is 4.57 Å². The Kier molecular flexibility index (Phi) is 4.90. The number of methoxy groups -OCH3 is 1. The highest BCUT2D eigenvalue weighted by atomic mass is 35.5. The van der Waals surface area contributed by atoms with Crippen LogP contribution in [0, 0.1) is 0 Å². The first-order valence-electron chi connectivity index (χ1n) is 7.42. The summed E-state index contributed by atoms with van der Waals surface area (Å²) in [5.41, 5.74) is -0.0294. The molecule has 1 aromatic heterocycles. The van der Waals surface area contributed by atoms with Gasteiger partial charge in [-0.05, 0) is 48.5 Å². The predicted octanol–water partition coefficient (Wildman–Crippen LogP) is 3.80. The summed E-state index contributed by atoms with van der Waals surface area (Å²) in [6.45, 7) is 0. The van der Waals surface area contributed by atoms with Crippen molar-refractivity contribution in [2.75, 3.05) is 7.11 Å². The first-order valence-corrected chi connectivity index (χ1v) is 7.80. The Morgan fingerprint density at radius 1 is 1.04 bits per heavy atom. The van der Waals surface area contributed by atoms with E-state index in [0.717, 1.165) is 7.11 Å². The molecule has 8 heteroatoms. The molecule has 0 spiro atoms.